The summed E-state index contributed by atoms with van der Waals surface area (Å²) in [5.41, 5.74) is 2.78. The molecule has 0 aliphatic heterocycles. The van der Waals surface area contributed by atoms with Crippen molar-refractivity contribution in [3.05, 3.63) is 84.4 Å². The average Bonchev–Trinajstić information content (AvgIpc) is 2.69. The Labute approximate surface area is 176 Å². The number of rotatable bonds is 6. The molecule has 0 aliphatic rings. The van der Waals surface area contributed by atoms with Gasteiger partial charge in [-0.05, 0) is 53.6 Å². The summed E-state index contributed by atoms with van der Waals surface area (Å²) in [6, 6.07) is 15.5. The second-order valence-electron chi connectivity index (χ2n) is 7.74. The van der Waals surface area contributed by atoms with Crippen LogP contribution in [0.25, 0.3) is 0 Å². The Morgan fingerprint density at radius 1 is 0.931 bits per heavy atom. The number of amides is 2. The lowest BCUT2D eigenvalue weighted by Crippen LogP contribution is -2.34. The first-order valence-electron chi connectivity index (χ1n) is 9.52. The van der Waals surface area contributed by atoms with E-state index in [-0.39, 0.29) is 10.8 Å². The maximum absolute atomic E-state index is 13.0. The minimum atomic E-state index is -0.151. The van der Waals surface area contributed by atoms with Gasteiger partial charge in [0.2, 0.25) is 0 Å². The van der Waals surface area contributed by atoms with Gasteiger partial charge in [-0.25, -0.2) is 4.79 Å². The zero-order valence-corrected chi connectivity index (χ0v) is 17.8. The number of carbonyl (C=O) groups excluding carboxylic acids is 1. The fourth-order valence-electron chi connectivity index (χ4n) is 2.78. The van der Waals surface area contributed by atoms with Gasteiger partial charge in [0.25, 0.3) is 0 Å². The third kappa shape index (κ3) is 6.91. The van der Waals surface area contributed by atoms with Gasteiger partial charge in [0.1, 0.15) is 0 Å². The van der Waals surface area contributed by atoms with E-state index in [1.807, 2.05) is 48.5 Å². The van der Waals surface area contributed by atoms with Gasteiger partial charge in [-0.2, -0.15) is 0 Å². The number of carbonyl (C=O) groups is 1. The smallest absolute Gasteiger partial charge is 0.316 e. The number of pyridine rings is 2. The molecule has 0 atom stereocenters. The highest BCUT2D eigenvalue weighted by Gasteiger charge is 2.16. The first-order valence-corrected chi connectivity index (χ1v) is 10.3. The summed E-state index contributed by atoms with van der Waals surface area (Å²) in [5, 5.41) is 3.01. The molecule has 1 aromatic carbocycles. The standard InChI is InChI=1S/C23H26N4OS/c1-23(2,3)29-21-8-6-20(7-9-21)26-22(28)27(16-18-10-13-24-14-11-18)17-19-5-4-12-25-15-19/h4-15H,16-17H2,1-3H3,(H,26,28). The van der Waals surface area contributed by atoms with Gasteiger partial charge in [-0.15, -0.1) is 11.8 Å². The third-order valence-electron chi connectivity index (χ3n) is 4.04. The molecular weight excluding hydrogens is 380 g/mol. The van der Waals surface area contributed by atoms with E-state index >= 15 is 0 Å². The number of nitrogens with one attached hydrogen (secondary N) is 1. The lowest BCUT2D eigenvalue weighted by molar-refractivity contribution is 0.206. The Morgan fingerprint density at radius 3 is 2.24 bits per heavy atom. The topological polar surface area (TPSA) is 58.1 Å². The van der Waals surface area contributed by atoms with E-state index in [1.54, 1.807) is 41.4 Å². The van der Waals surface area contributed by atoms with Crippen molar-refractivity contribution in [2.45, 2.75) is 43.5 Å². The van der Waals surface area contributed by atoms with Crippen LogP contribution < -0.4 is 5.32 Å². The summed E-state index contributed by atoms with van der Waals surface area (Å²) >= 11 is 1.80. The molecule has 2 amide bonds. The van der Waals surface area contributed by atoms with Crippen LogP contribution in [0, 0.1) is 0 Å². The third-order valence-corrected chi connectivity index (χ3v) is 5.16. The Hall–Kier alpha value is -2.86. The van der Waals surface area contributed by atoms with E-state index in [4.69, 9.17) is 0 Å². The van der Waals surface area contributed by atoms with Crippen molar-refractivity contribution in [3.8, 4) is 0 Å². The molecule has 29 heavy (non-hydrogen) atoms. The molecule has 0 saturated heterocycles. The Balaban J connectivity index is 1.71. The molecule has 3 rings (SSSR count). The molecule has 5 nitrogen and oxygen atoms in total. The summed E-state index contributed by atoms with van der Waals surface area (Å²) in [6.07, 6.45) is 6.99. The molecule has 6 heteroatoms. The van der Waals surface area contributed by atoms with Gasteiger partial charge in [-0.3, -0.25) is 9.97 Å². The lowest BCUT2D eigenvalue weighted by atomic mass is 10.2. The predicted octanol–water partition coefficient (Wildman–Crippen LogP) is 5.60. The summed E-state index contributed by atoms with van der Waals surface area (Å²) < 4.78 is 0.149. The van der Waals surface area contributed by atoms with Crippen LogP contribution in [0.3, 0.4) is 0 Å². The number of benzene rings is 1. The largest absolute Gasteiger partial charge is 0.322 e. The zero-order chi connectivity index (χ0) is 20.7. The number of thioether (sulfide) groups is 1. The van der Waals surface area contributed by atoms with Gasteiger partial charge in [0.05, 0.1) is 0 Å². The van der Waals surface area contributed by atoms with Crippen molar-refractivity contribution in [2.75, 3.05) is 5.32 Å². The van der Waals surface area contributed by atoms with Crippen molar-refractivity contribution >= 4 is 23.5 Å². The molecule has 0 saturated carbocycles. The van der Waals surface area contributed by atoms with E-state index in [0.29, 0.717) is 13.1 Å². The van der Waals surface area contributed by atoms with Crippen LogP contribution in [-0.4, -0.2) is 25.6 Å². The Bertz CT molecular complexity index is 868. The van der Waals surface area contributed by atoms with Gasteiger partial charge < -0.3 is 10.2 Å². The quantitative estimate of drug-likeness (QED) is 0.541. The van der Waals surface area contributed by atoms with Gasteiger partial charge in [-0.1, -0.05) is 26.8 Å². The van der Waals surface area contributed by atoms with Crippen LogP contribution in [-0.2, 0) is 13.1 Å². The SMILES string of the molecule is CC(C)(C)Sc1ccc(NC(=O)N(Cc2ccncc2)Cc2cccnc2)cc1. The zero-order valence-electron chi connectivity index (χ0n) is 17.0. The normalized spacial score (nSPS) is 11.1. The molecule has 0 radical (unpaired) electrons. The van der Waals surface area contributed by atoms with Crippen molar-refractivity contribution in [1.82, 2.24) is 14.9 Å². The summed E-state index contributed by atoms with van der Waals surface area (Å²) in [7, 11) is 0. The number of hydrogen-bond acceptors (Lipinski definition) is 4. The van der Waals surface area contributed by atoms with E-state index in [0.717, 1.165) is 16.8 Å². The van der Waals surface area contributed by atoms with Crippen LogP contribution in [0.5, 0.6) is 0 Å². The van der Waals surface area contributed by atoms with E-state index in [9.17, 15) is 4.79 Å². The first-order chi connectivity index (χ1) is 13.9. The average molecular weight is 407 g/mol. The second-order valence-corrected chi connectivity index (χ2v) is 9.64. The fourth-order valence-corrected chi connectivity index (χ4v) is 3.76. The van der Waals surface area contributed by atoms with Crippen LogP contribution in [0.2, 0.25) is 0 Å². The van der Waals surface area contributed by atoms with Crippen molar-refractivity contribution in [2.24, 2.45) is 0 Å². The highest BCUT2D eigenvalue weighted by Crippen LogP contribution is 2.32. The molecule has 3 aromatic rings. The number of aromatic nitrogens is 2. The molecular formula is C23H26N4OS. The molecule has 2 aromatic heterocycles. The molecule has 150 valence electrons. The van der Waals surface area contributed by atoms with Crippen LogP contribution in [0.1, 0.15) is 31.9 Å². The molecule has 0 spiro atoms. The number of anilines is 1. The summed E-state index contributed by atoms with van der Waals surface area (Å²) in [6.45, 7) is 7.51. The second kappa shape index (κ2) is 9.56. The summed E-state index contributed by atoms with van der Waals surface area (Å²) in [4.78, 5) is 24.2. The van der Waals surface area contributed by atoms with Gasteiger partial charge >= 0.3 is 6.03 Å². The van der Waals surface area contributed by atoms with E-state index in [1.165, 1.54) is 4.90 Å². The van der Waals surface area contributed by atoms with Gasteiger partial charge in [0.15, 0.2) is 0 Å². The Morgan fingerprint density at radius 2 is 1.62 bits per heavy atom. The minimum Gasteiger partial charge on any atom is -0.316 e. The predicted molar refractivity (Wildman–Crippen MR) is 119 cm³/mol. The first kappa shape index (κ1) is 20.9. The van der Waals surface area contributed by atoms with E-state index < -0.39 is 0 Å². The molecule has 0 aliphatic carbocycles. The van der Waals surface area contributed by atoms with Crippen molar-refractivity contribution in [3.63, 3.8) is 0 Å². The van der Waals surface area contributed by atoms with Crippen LogP contribution >= 0.6 is 11.8 Å². The fraction of sp³-hybridized carbons (Fsp3) is 0.261. The number of urea groups is 1. The van der Waals surface area contributed by atoms with Gasteiger partial charge in [0, 0.05) is 53.2 Å². The van der Waals surface area contributed by atoms with E-state index in [2.05, 4.69) is 36.1 Å². The maximum Gasteiger partial charge on any atom is 0.322 e. The Kier molecular flexibility index (Phi) is 6.88. The molecule has 0 unspecified atom stereocenters. The maximum atomic E-state index is 13.0. The van der Waals surface area contributed by atoms with Crippen LogP contribution in [0.15, 0.2) is 78.2 Å². The highest BCUT2D eigenvalue weighted by atomic mass is 32.2. The lowest BCUT2D eigenvalue weighted by Gasteiger charge is -2.23. The molecule has 2 heterocycles. The molecule has 0 bridgehead atoms. The minimum absolute atomic E-state index is 0.149. The number of hydrogen-bond donors (Lipinski definition) is 1. The molecule has 0 fully saturated rings. The number of nitrogens with zero attached hydrogens (tertiary/aromatic N) is 3. The van der Waals surface area contributed by atoms with Crippen molar-refractivity contribution in [1.29, 1.82) is 0 Å². The van der Waals surface area contributed by atoms with Crippen molar-refractivity contribution < 1.29 is 4.79 Å². The summed E-state index contributed by atoms with van der Waals surface area (Å²) in [5.74, 6) is 0. The monoisotopic (exact) mass is 406 g/mol. The highest BCUT2D eigenvalue weighted by molar-refractivity contribution is 8.00. The van der Waals surface area contributed by atoms with Crippen LogP contribution in [0.4, 0.5) is 10.5 Å². The molecule has 1 N–H and O–H groups in total.